The van der Waals surface area contributed by atoms with E-state index in [1.165, 1.54) is 15.9 Å². The maximum absolute atomic E-state index is 12.6. The largest absolute Gasteiger partial charge is 0.404 e. The van der Waals surface area contributed by atoms with Gasteiger partial charge in [0.2, 0.25) is 5.88 Å². The number of carbonyl (C=O) groups excluding carboxylic acids is 2. The number of hydrogen-bond donors (Lipinski definition) is 0. The van der Waals surface area contributed by atoms with E-state index in [9.17, 15) is 9.59 Å². The Labute approximate surface area is 141 Å². The summed E-state index contributed by atoms with van der Waals surface area (Å²) in [5, 5.41) is 1.56. The Kier molecular flexibility index (Phi) is 4.45. The van der Waals surface area contributed by atoms with Gasteiger partial charge < -0.3 is 4.74 Å². The highest BCUT2D eigenvalue weighted by molar-refractivity contribution is 7.73. The predicted octanol–water partition coefficient (Wildman–Crippen LogP) is 4.19. The van der Waals surface area contributed by atoms with Gasteiger partial charge in [0.25, 0.3) is 5.91 Å². The van der Waals surface area contributed by atoms with Gasteiger partial charge in [-0.3, -0.25) is 4.79 Å². The zero-order chi connectivity index (χ0) is 16.2. The molecule has 0 saturated carbocycles. The molecular formula is C17H11NO3S2. The van der Waals surface area contributed by atoms with Crippen LogP contribution >= 0.6 is 23.6 Å². The van der Waals surface area contributed by atoms with Crippen LogP contribution in [-0.4, -0.2) is 16.4 Å². The topological polar surface area (TPSA) is 48.3 Å². The lowest BCUT2D eigenvalue weighted by Gasteiger charge is -2.08. The number of ether oxygens (including phenoxy) is 1. The third-order valence-corrected chi connectivity index (χ3v) is 4.27. The second kappa shape index (κ2) is 6.68. The summed E-state index contributed by atoms with van der Waals surface area (Å²) in [6.07, 6.45) is 0. The van der Waals surface area contributed by atoms with Gasteiger partial charge in [0, 0.05) is 5.56 Å². The van der Waals surface area contributed by atoms with Crippen LogP contribution in [-0.2, 0) is 0 Å². The molecule has 0 aliphatic carbocycles. The highest BCUT2D eigenvalue weighted by atomic mass is 32.1. The minimum absolute atomic E-state index is 0.128. The van der Waals surface area contributed by atoms with Crippen molar-refractivity contribution in [2.75, 3.05) is 0 Å². The smallest absolute Gasteiger partial charge is 0.344 e. The van der Waals surface area contributed by atoms with Crippen molar-refractivity contribution in [2.45, 2.75) is 0 Å². The standard InChI is InChI=1S/C17H11NO3S2/c19-15(12-7-3-1-4-8-12)18-14(11-23-17(18)22)21-16(20)13-9-5-2-6-10-13/h1-11H. The normalized spacial score (nSPS) is 10.3. The number of aromatic nitrogens is 1. The molecule has 1 aromatic heterocycles. The summed E-state index contributed by atoms with van der Waals surface area (Å²) in [7, 11) is 0. The van der Waals surface area contributed by atoms with Crippen molar-refractivity contribution in [1.82, 2.24) is 4.57 Å². The van der Waals surface area contributed by atoms with E-state index >= 15 is 0 Å². The van der Waals surface area contributed by atoms with Crippen LogP contribution in [0.5, 0.6) is 5.88 Å². The average molecular weight is 341 g/mol. The number of hydrogen-bond acceptors (Lipinski definition) is 5. The average Bonchev–Trinajstić information content (AvgIpc) is 2.96. The van der Waals surface area contributed by atoms with Gasteiger partial charge in [0.1, 0.15) is 0 Å². The first-order valence-electron chi connectivity index (χ1n) is 6.74. The van der Waals surface area contributed by atoms with Crippen LogP contribution in [0.1, 0.15) is 20.7 Å². The van der Waals surface area contributed by atoms with Gasteiger partial charge in [-0.25, -0.2) is 9.36 Å². The van der Waals surface area contributed by atoms with Crippen LogP contribution in [0.15, 0.2) is 66.0 Å². The predicted molar refractivity (Wildman–Crippen MR) is 90.7 cm³/mol. The monoisotopic (exact) mass is 341 g/mol. The van der Waals surface area contributed by atoms with Gasteiger partial charge in [-0.05, 0) is 36.5 Å². The van der Waals surface area contributed by atoms with Crippen molar-refractivity contribution in [3.05, 3.63) is 81.1 Å². The van der Waals surface area contributed by atoms with Gasteiger partial charge in [-0.15, -0.1) is 11.3 Å². The molecule has 0 amide bonds. The molecule has 0 N–H and O–H groups in total. The molecule has 0 saturated heterocycles. The van der Waals surface area contributed by atoms with E-state index in [1.54, 1.807) is 53.9 Å². The molecule has 23 heavy (non-hydrogen) atoms. The third kappa shape index (κ3) is 3.28. The molecule has 114 valence electrons. The number of esters is 1. The second-order valence-electron chi connectivity index (χ2n) is 4.60. The minimum Gasteiger partial charge on any atom is -0.404 e. The fourth-order valence-electron chi connectivity index (χ4n) is 1.99. The summed E-state index contributed by atoms with van der Waals surface area (Å²) in [6, 6.07) is 17.3. The molecule has 4 nitrogen and oxygen atoms in total. The summed E-state index contributed by atoms with van der Waals surface area (Å²) in [4.78, 5) is 24.7. The highest BCUT2D eigenvalue weighted by Crippen LogP contribution is 2.22. The van der Waals surface area contributed by atoms with E-state index < -0.39 is 5.97 Å². The Morgan fingerprint density at radius 2 is 1.48 bits per heavy atom. The fraction of sp³-hybridized carbons (Fsp3) is 0. The van der Waals surface area contributed by atoms with Crippen LogP contribution in [0.2, 0.25) is 0 Å². The molecule has 0 aliphatic rings. The summed E-state index contributed by atoms with van der Waals surface area (Å²) >= 11 is 6.36. The molecule has 0 aliphatic heterocycles. The lowest BCUT2D eigenvalue weighted by Crippen LogP contribution is -2.17. The molecule has 2 aromatic carbocycles. The minimum atomic E-state index is -0.534. The molecule has 0 atom stereocenters. The van der Waals surface area contributed by atoms with E-state index in [-0.39, 0.29) is 11.8 Å². The molecule has 3 aromatic rings. The van der Waals surface area contributed by atoms with Crippen molar-refractivity contribution in [3.8, 4) is 5.88 Å². The summed E-state index contributed by atoms with van der Waals surface area (Å²) in [5.41, 5.74) is 0.877. The second-order valence-corrected chi connectivity index (χ2v) is 6.11. The molecule has 0 bridgehead atoms. The third-order valence-electron chi connectivity index (χ3n) is 3.09. The number of rotatable bonds is 3. The lowest BCUT2D eigenvalue weighted by atomic mass is 10.2. The van der Waals surface area contributed by atoms with Crippen LogP contribution in [0.3, 0.4) is 0 Å². The number of carbonyl (C=O) groups is 2. The quantitative estimate of drug-likeness (QED) is 0.529. The molecule has 1 heterocycles. The maximum Gasteiger partial charge on any atom is 0.344 e. The zero-order valence-electron chi connectivity index (χ0n) is 11.8. The molecule has 6 heteroatoms. The molecule has 0 unspecified atom stereocenters. The number of benzene rings is 2. The van der Waals surface area contributed by atoms with E-state index in [4.69, 9.17) is 17.0 Å². The van der Waals surface area contributed by atoms with E-state index in [2.05, 4.69) is 0 Å². The number of thiazole rings is 1. The van der Waals surface area contributed by atoms with Gasteiger partial charge >= 0.3 is 5.97 Å². The Hall–Kier alpha value is -2.57. The first-order chi connectivity index (χ1) is 11.2. The van der Waals surface area contributed by atoms with Crippen molar-refractivity contribution in [3.63, 3.8) is 0 Å². The first-order valence-corrected chi connectivity index (χ1v) is 8.03. The maximum atomic E-state index is 12.6. The van der Waals surface area contributed by atoms with Gasteiger partial charge in [-0.1, -0.05) is 36.4 Å². The lowest BCUT2D eigenvalue weighted by molar-refractivity contribution is 0.0716. The van der Waals surface area contributed by atoms with Crippen molar-refractivity contribution < 1.29 is 14.3 Å². The Balaban J connectivity index is 1.92. The SMILES string of the molecule is O=C(Oc1csc(=S)n1C(=O)c1ccccc1)c1ccccc1. The van der Waals surface area contributed by atoms with Crippen molar-refractivity contribution >= 4 is 35.4 Å². The number of nitrogens with zero attached hydrogens (tertiary/aromatic N) is 1. The molecule has 0 spiro atoms. The van der Waals surface area contributed by atoms with Gasteiger partial charge in [0.05, 0.1) is 10.9 Å². The first kappa shape index (κ1) is 15.3. The highest BCUT2D eigenvalue weighted by Gasteiger charge is 2.18. The zero-order valence-corrected chi connectivity index (χ0v) is 13.5. The molecular weight excluding hydrogens is 330 g/mol. The summed E-state index contributed by atoms with van der Waals surface area (Å²) < 4.78 is 6.90. The summed E-state index contributed by atoms with van der Waals surface area (Å²) in [6.45, 7) is 0. The van der Waals surface area contributed by atoms with Crippen LogP contribution in [0.4, 0.5) is 0 Å². The van der Waals surface area contributed by atoms with Crippen LogP contribution in [0, 0.1) is 3.95 Å². The molecule has 0 fully saturated rings. The van der Waals surface area contributed by atoms with Crippen LogP contribution in [0.25, 0.3) is 0 Å². The Morgan fingerprint density at radius 3 is 2.09 bits per heavy atom. The molecule has 3 rings (SSSR count). The fourth-order valence-corrected chi connectivity index (χ4v) is 2.94. The van der Waals surface area contributed by atoms with E-state index in [0.717, 1.165) is 0 Å². The van der Waals surface area contributed by atoms with Crippen molar-refractivity contribution in [1.29, 1.82) is 0 Å². The summed E-state index contributed by atoms with van der Waals surface area (Å²) in [5.74, 6) is -0.733. The molecule has 0 radical (unpaired) electrons. The van der Waals surface area contributed by atoms with Crippen LogP contribution < -0.4 is 4.74 Å². The van der Waals surface area contributed by atoms with Gasteiger partial charge in [0.15, 0.2) is 3.95 Å². The van der Waals surface area contributed by atoms with Gasteiger partial charge in [-0.2, -0.15) is 0 Å². The Morgan fingerprint density at radius 1 is 0.913 bits per heavy atom. The Bertz CT molecular complexity index is 898. The van der Waals surface area contributed by atoms with E-state index in [1.807, 2.05) is 12.1 Å². The van der Waals surface area contributed by atoms with Crippen molar-refractivity contribution in [2.24, 2.45) is 0 Å². The van der Waals surface area contributed by atoms with E-state index in [0.29, 0.717) is 15.1 Å².